The van der Waals surface area contributed by atoms with E-state index >= 15 is 0 Å². The monoisotopic (exact) mass is 362 g/mol. The van der Waals surface area contributed by atoms with E-state index in [2.05, 4.69) is 34.1 Å². The van der Waals surface area contributed by atoms with Crippen molar-refractivity contribution in [2.24, 2.45) is 0 Å². The number of hydrogen-bond acceptors (Lipinski definition) is 5. The van der Waals surface area contributed by atoms with Crippen LogP contribution in [0.5, 0.6) is 0 Å². The fourth-order valence-electron chi connectivity index (χ4n) is 3.34. The number of benzene rings is 2. The average Bonchev–Trinajstić information content (AvgIpc) is 2.69. The standard InChI is InChI=1S/C21H22N4O2/c1-17-20(14-19(16-22)15-21(17)25(26)27)24-12-10-23(11-13-24)9-5-8-18-6-3-2-4-7-18/h2-8,14-15H,9-13H2,1H3. The Kier molecular flexibility index (Phi) is 5.84. The molecule has 6 heteroatoms. The van der Waals surface area contributed by atoms with Gasteiger partial charge in [0.15, 0.2) is 0 Å². The number of piperazine rings is 1. The first-order valence-corrected chi connectivity index (χ1v) is 8.96. The van der Waals surface area contributed by atoms with Gasteiger partial charge in [0.2, 0.25) is 0 Å². The van der Waals surface area contributed by atoms with Crippen LogP contribution in [0.1, 0.15) is 16.7 Å². The smallest absolute Gasteiger partial charge is 0.275 e. The quantitative estimate of drug-likeness (QED) is 0.600. The second kappa shape index (κ2) is 8.47. The predicted octanol–water partition coefficient (Wildman–Crippen LogP) is 3.61. The molecule has 2 aromatic rings. The summed E-state index contributed by atoms with van der Waals surface area (Å²) in [6.07, 6.45) is 4.29. The lowest BCUT2D eigenvalue weighted by atomic mass is 10.1. The summed E-state index contributed by atoms with van der Waals surface area (Å²) in [6.45, 7) is 5.95. The second-order valence-electron chi connectivity index (χ2n) is 6.61. The maximum Gasteiger partial charge on any atom is 0.275 e. The van der Waals surface area contributed by atoms with Crippen molar-refractivity contribution in [1.82, 2.24) is 4.90 Å². The molecule has 0 bridgehead atoms. The summed E-state index contributed by atoms with van der Waals surface area (Å²) in [5.41, 5.74) is 2.94. The van der Waals surface area contributed by atoms with E-state index in [1.807, 2.05) is 24.3 Å². The van der Waals surface area contributed by atoms with Crippen LogP contribution in [0, 0.1) is 28.4 Å². The van der Waals surface area contributed by atoms with Crippen LogP contribution < -0.4 is 4.90 Å². The number of nitro groups is 1. The topological polar surface area (TPSA) is 73.4 Å². The van der Waals surface area contributed by atoms with E-state index < -0.39 is 4.92 Å². The van der Waals surface area contributed by atoms with Gasteiger partial charge < -0.3 is 4.90 Å². The van der Waals surface area contributed by atoms with E-state index in [1.54, 1.807) is 13.0 Å². The van der Waals surface area contributed by atoms with E-state index in [0.29, 0.717) is 11.1 Å². The molecule has 0 aliphatic carbocycles. The van der Waals surface area contributed by atoms with Crippen LogP contribution in [0.3, 0.4) is 0 Å². The summed E-state index contributed by atoms with van der Waals surface area (Å²) in [5.74, 6) is 0. The molecule has 2 aromatic carbocycles. The van der Waals surface area contributed by atoms with Gasteiger partial charge in [-0.3, -0.25) is 15.0 Å². The summed E-state index contributed by atoms with van der Waals surface area (Å²) in [4.78, 5) is 15.4. The highest BCUT2D eigenvalue weighted by atomic mass is 16.6. The normalized spacial score (nSPS) is 15.0. The lowest BCUT2D eigenvalue weighted by molar-refractivity contribution is -0.385. The van der Waals surface area contributed by atoms with Gasteiger partial charge in [-0.2, -0.15) is 5.26 Å². The summed E-state index contributed by atoms with van der Waals surface area (Å²) < 4.78 is 0. The molecule has 1 saturated heterocycles. The Morgan fingerprint density at radius 2 is 1.89 bits per heavy atom. The van der Waals surface area contributed by atoms with Gasteiger partial charge in [0.05, 0.1) is 22.1 Å². The molecule has 6 nitrogen and oxygen atoms in total. The summed E-state index contributed by atoms with van der Waals surface area (Å²) in [5, 5.41) is 20.5. The Bertz CT molecular complexity index is 879. The number of nitrogens with zero attached hydrogens (tertiary/aromatic N) is 4. The third-order valence-corrected chi connectivity index (χ3v) is 4.87. The van der Waals surface area contributed by atoms with Crippen LogP contribution in [0.2, 0.25) is 0 Å². The van der Waals surface area contributed by atoms with Crippen LogP contribution >= 0.6 is 0 Å². The van der Waals surface area contributed by atoms with Crippen molar-refractivity contribution in [3.8, 4) is 6.07 Å². The molecular weight excluding hydrogens is 340 g/mol. The maximum absolute atomic E-state index is 11.3. The van der Waals surface area contributed by atoms with Gasteiger partial charge in [0.1, 0.15) is 0 Å². The number of nitro benzene ring substituents is 1. The molecule has 1 aliphatic heterocycles. The molecular formula is C21H22N4O2. The Morgan fingerprint density at radius 3 is 2.52 bits per heavy atom. The zero-order valence-electron chi connectivity index (χ0n) is 15.3. The third-order valence-electron chi connectivity index (χ3n) is 4.87. The molecule has 1 fully saturated rings. The van der Waals surface area contributed by atoms with Crippen LogP contribution in [0.15, 0.2) is 48.5 Å². The molecule has 0 atom stereocenters. The fraction of sp³-hybridized carbons (Fsp3) is 0.286. The molecule has 0 N–H and O–H groups in total. The minimum atomic E-state index is -0.412. The molecule has 0 saturated carbocycles. The Hall–Kier alpha value is -3.17. The number of nitriles is 1. The van der Waals surface area contributed by atoms with Crippen molar-refractivity contribution < 1.29 is 4.92 Å². The summed E-state index contributed by atoms with van der Waals surface area (Å²) >= 11 is 0. The number of anilines is 1. The lowest BCUT2D eigenvalue weighted by Gasteiger charge is -2.36. The van der Waals surface area contributed by atoms with E-state index in [-0.39, 0.29) is 5.69 Å². The van der Waals surface area contributed by atoms with Gasteiger partial charge in [0.25, 0.3) is 5.69 Å². The van der Waals surface area contributed by atoms with Crippen LogP contribution in [0.4, 0.5) is 11.4 Å². The molecule has 0 radical (unpaired) electrons. The van der Waals surface area contributed by atoms with E-state index in [4.69, 9.17) is 0 Å². The highest BCUT2D eigenvalue weighted by Gasteiger charge is 2.23. The van der Waals surface area contributed by atoms with Crippen molar-refractivity contribution in [3.05, 3.63) is 75.3 Å². The first-order valence-electron chi connectivity index (χ1n) is 8.96. The van der Waals surface area contributed by atoms with Gasteiger partial charge >= 0.3 is 0 Å². The van der Waals surface area contributed by atoms with Gasteiger partial charge in [-0.05, 0) is 18.6 Å². The highest BCUT2D eigenvalue weighted by Crippen LogP contribution is 2.31. The zero-order valence-corrected chi connectivity index (χ0v) is 15.3. The molecule has 0 spiro atoms. The fourth-order valence-corrected chi connectivity index (χ4v) is 3.34. The first-order chi connectivity index (χ1) is 13.1. The van der Waals surface area contributed by atoms with E-state index in [9.17, 15) is 15.4 Å². The second-order valence-corrected chi connectivity index (χ2v) is 6.61. The predicted molar refractivity (Wildman–Crippen MR) is 107 cm³/mol. The molecule has 3 rings (SSSR count). The molecule has 0 amide bonds. The third kappa shape index (κ3) is 4.52. The Balaban J connectivity index is 1.64. The number of rotatable bonds is 5. The minimum Gasteiger partial charge on any atom is -0.369 e. The average molecular weight is 362 g/mol. The van der Waals surface area contributed by atoms with Crippen molar-refractivity contribution in [2.45, 2.75) is 6.92 Å². The number of hydrogen-bond donors (Lipinski definition) is 0. The van der Waals surface area contributed by atoms with Gasteiger partial charge in [-0.25, -0.2) is 0 Å². The van der Waals surface area contributed by atoms with Crippen LogP contribution in [-0.4, -0.2) is 42.5 Å². The van der Waals surface area contributed by atoms with Gasteiger partial charge in [-0.1, -0.05) is 42.5 Å². The molecule has 27 heavy (non-hydrogen) atoms. The van der Waals surface area contributed by atoms with Crippen molar-refractivity contribution >= 4 is 17.5 Å². The van der Waals surface area contributed by atoms with E-state index in [1.165, 1.54) is 11.6 Å². The Morgan fingerprint density at radius 1 is 1.19 bits per heavy atom. The van der Waals surface area contributed by atoms with Crippen molar-refractivity contribution in [1.29, 1.82) is 5.26 Å². The van der Waals surface area contributed by atoms with Gasteiger partial charge in [0, 0.05) is 44.5 Å². The van der Waals surface area contributed by atoms with Crippen molar-refractivity contribution in [3.63, 3.8) is 0 Å². The molecule has 1 aliphatic rings. The SMILES string of the molecule is Cc1c(N2CCN(CC=Cc3ccccc3)CC2)cc(C#N)cc1[N+](=O)[O-]. The zero-order chi connectivity index (χ0) is 19.2. The largest absolute Gasteiger partial charge is 0.369 e. The molecule has 0 aromatic heterocycles. The van der Waals surface area contributed by atoms with Gasteiger partial charge in [-0.15, -0.1) is 0 Å². The molecule has 0 unspecified atom stereocenters. The first kappa shape index (κ1) is 18.6. The van der Waals surface area contributed by atoms with E-state index in [0.717, 1.165) is 38.4 Å². The van der Waals surface area contributed by atoms with Crippen LogP contribution in [0.25, 0.3) is 6.08 Å². The highest BCUT2D eigenvalue weighted by molar-refractivity contribution is 5.65. The molecule has 138 valence electrons. The van der Waals surface area contributed by atoms with Crippen LogP contribution in [-0.2, 0) is 0 Å². The summed E-state index contributed by atoms with van der Waals surface area (Å²) in [7, 11) is 0. The minimum absolute atomic E-state index is 0.0114. The van der Waals surface area contributed by atoms with Crippen molar-refractivity contribution in [2.75, 3.05) is 37.6 Å². The Labute approximate surface area is 159 Å². The molecule has 1 heterocycles. The summed E-state index contributed by atoms with van der Waals surface area (Å²) in [6, 6.07) is 15.3. The lowest BCUT2D eigenvalue weighted by Crippen LogP contribution is -2.46. The maximum atomic E-state index is 11.3.